The molecular formula is C22H33NO8. The first-order valence-electron chi connectivity index (χ1n) is 10.2. The predicted molar refractivity (Wildman–Crippen MR) is 112 cm³/mol. The van der Waals surface area contributed by atoms with Gasteiger partial charge < -0.3 is 33.7 Å². The molecule has 0 aliphatic carbocycles. The van der Waals surface area contributed by atoms with Crippen molar-refractivity contribution in [1.82, 2.24) is 5.32 Å². The van der Waals surface area contributed by atoms with Crippen LogP contribution in [0.25, 0.3) is 0 Å². The van der Waals surface area contributed by atoms with Crippen LogP contribution in [0.3, 0.4) is 0 Å². The van der Waals surface area contributed by atoms with E-state index in [-0.39, 0.29) is 19.3 Å². The maximum atomic E-state index is 12.0. The molecule has 1 saturated heterocycles. The fourth-order valence-corrected chi connectivity index (χ4v) is 2.81. The van der Waals surface area contributed by atoms with E-state index in [1.165, 1.54) is 7.11 Å². The highest BCUT2D eigenvalue weighted by molar-refractivity contribution is 5.81. The summed E-state index contributed by atoms with van der Waals surface area (Å²) in [5.74, 6) is -0.539. The van der Waals surface area contributed by atoms with Crippen LogP contribution in [0.5, 0.6) is 5.75 Å². The van der Waals surface area contributed by atoms with Gasteiger partial charge in [-0.25, -0.2) is 9.59 Å². The summed E-state index contributed by atoms with van der Waals surface area (Å²) in [6.45, 7) is 9.94. The number of carbonyl (C=O) groups is 2. The lowest BCUT2D eigenvalue weighted by molar-refractivity contribution is -0.145. The third kappa shape index (κ3) is 9.12. The molecule has 1 aromatic rings. The van der Waals surface area contributed by atoms with Gasteiger partial charge in [-0.3, -0.25) is 0 Å². The monoisotopic (exact) mass is 439 g/mol. The van der Waals surface area contributed by atoms with Crippen molar-refractivity contribution >= 4 is 12.1 Å². The van der Waals surface area contributed by atoms with Gasteiger partial charge >= 0.3 is 12.1 Å². The highest BCUT2D eigenvalue weighted by atomic mass is 16.7. The van der Waals surface area contributed by atoms with Crippen LogP contribution < -0.4 is 10.1 Å². The maximum Gasteiger partial charge on any atom is 0.408 e. The molecule has 9 heteroatoms. The fourth-order valence-electron chi connectivity index (χ4n) is 2.81. The molecule has 0 bridgehead atoms. The molecule has 0 saturated carbocycles. The summed E-state index contributed by atoms with van der Waals surface area (Å²) in [5.41, 5.74) is 0.166. The lowest BCUT2D eigenvalue weighted by Gasteiger charge is -2.22. The molecule has 1 fully saturated rings. The number of nitrogens with one attached hydrogen (secondary N) is 1. The Labute approximate surface area is 183 Å². The van der Waals surface area contributed by atoms with Gasteiger partial charge in [-0.1, -0.05) is 12.1 Å². The summed E-state index contributed by atoms with van der Waals surface area (Å²) >= 11 is 0. The van der Waals surface area contributed by atoms with Gasteiger partial charge in [-0.15, -0.1) is 0 Å². The first-order valence-corrected chi connectivity index (χ1v) is 10.2. The molecule has 2 atom stereocenters. The van der Waals surface area contributed by atoms with E-state index >= 15 is 0 Å². The summed E-state index contributed by atoms with van der Waals surface area (Å²) in [5, 5.41) is 2.47. The van der Waals surface area contributed by atoms with Crippen molar-refractivity contribution in [3.63, 3.8) is 0 Å². The van der Waals surface area contributed by atoms with Crippen molar-refractivity contribution in [1.29, 1.82) is 0 Å². The van der Waals surface area contributed by atoms with Crippen molar-refractivity contribution in [2.24, 2.45) is 0 Å². The number of amides is 1. The zero-order chi connectivity index (χ0) is 23.1. The van der Waals surface area contributed by atoms with E-state index in [1.54, 1.807) is 20.8 Å². The van der Waals surface area contributed by atoms with E-state index in [4.69, 9.17) is 28.4 Å². The Morgan fingerprint density at radius 2 is 2.03 bits per heavy atom. The Balaban J connectivity index is 1.83. The van der Waals surface area contributed by atoms with Crippen LogP contribution in [0.15, 0.2) is 24.3 Å². The quantitative estimate of drug-likeness (QED) is 0.586. The largest absolute Gasteiger partial charge is 0.491 e. The van der Waals surface area contributed by atoms with Crippen molar-refractivity contribution in [2.45, 2.75) is 64.8 Å². The van der Waals surface area contributed by atoms with Crippen LogP contribution in [0, 0.1) is 0 Å². The minimum atomic E-state index is -0.984. The normalized spacial score (nSPS) is 18.8. The van der Waals surface area contributed by atoms with E-state index in [0.29, 0.717) is 19.0 Å². The van der Waals surface area contributed by atoms with Crippen LogP contribution in [0.1, 0.15) is 40.2 Å². The van der Waals surface area contributed by atoms with E-state index < -0.39 is 29.5 Å². The molecule has 1 amide bonds. The second-order valence-electron chi connectivity index (χ2n) is 8.65. The van der Waals surface area contributed by atoms with Crippen molar-refractivity contribution in [3.8, 4) is 5.75 Å². The fraction of sp³-hybridized carbons (Fsp3) is 0.636. The second kappa shape index (κ2) is 10.8. The standard InChI is InChI=1S/C22H33NO8/c1-21(2,3)31-20(25)23-18(19(24)26-6)14-27-11-15-8-7-9-16(10-15)28-12-17-13-29-22(4,5)30-17/h7-10,17-18H,11-14H2,1-6H3,(H,23,25). The zero-order valence-corrected chi connectivity index (χ0v) is 19.1. The third-order valence-electron chi connectivity index (χ3n) is 4.13. The molecule has 2 rings (SSSR count). The van der Waals surface area contributed by atoms with Crippen LogP contribution in [0.2, 0.25) is 0 Å². The Morgan fingerprint density at radius 3 is 2.65 bits per heavy atom. The molecule has 0 spiro atoms. The number of esters is 1. The molecule has 1 aromatic carbocycles. The maximum absolute atomic E-state index is 12.0. The number of carbonyl (C=O) groups excluding carboxylic acids is 2. The summed E-state index contributed by atoms with van der Waals surface area (Å²) in [7, 11) is 1.24. The highest BCUT2D eigenvalue weighted by Gasteiger charge is 2.33. The number of hydrogen-bond acceptors (Lipinski definition) is 8. The van der Waals surface area contributed by atoms with Crippen LogP contribution >= 0.6 is 0 Å². The van der Waals surface area contributed by atoms with Gasteiger partial charge in [0.1, 0.15) is 24.1 Å². The van der Waals surface area contributed by atoms with Crippen LogP contribution in [-0.2, 0) is 35.1 Å². The number of alkyl carbamates (subject to hydrolysis) is 1. The summed E-state index contributed by atoms with van der Waals surface area (Å²) in [4.78, 5) is 23.9. The molecule has 174 valence electrons. The van der Waals surface area contributed by atoms with Gasteiger partial charge in [0.25, 0.3) is 0 Å². The zero-order valence-electron chi connectivity index (χ0n) is 19.1. The molecular weight excluding hydrogens is 406 g/mol. The van der Waals surface area contributed by atoms with E-state index in [2.05, 4.69) is 5.32 Å². The number of rotatable bonds is 9. The van der Waals surface area contributed by atoms with Crippen LogP contribution in [-0.4, -0.2) is 62.5 Å². The smallest absolute Gasteiger partial charge is 0.408 e. The van der Waals surface area contributed by atoms with E-state index in [1.807, 2.05) is 38.1 Å². The first-order chi connectivity index (χ1) is 14.5. The van der Waals surface area contributed by atoms with Crippen LogP contribution in [0.4, 0.5) is 4.79 Å². The van der Waals surface area contributed by atoms with Gasteiger partial charge in [0.05, 0.1) is 26.9 Å². The van der Waals surface area contributed by atoms with E-state index in [9.17, 15) is 9.59 Å². The van der Waals surface area contributed by atoms with Gasteiger partial charge in [0, 0.05) is 0 Å². The lowest BCUT2D eigenvalue weighted by Crippen LogP contribution is -2.46. The third-order valence-corrected chi connectivity index (χ3v) is 4.13. The summed E-state index contributed by atoms with van der Waals surface area (Å²) in [6, 6.07) is 6.42. The highest BCUT2D eigenvalue weighted by Crippen LogP contribution is 2.23. The predicted octanol–water partition coefficient (Wildman–Crippen LogP) is 2.80. The average Bonchev–Trinajstić information content (AvgIpc) is 3.02. The number of methoxy groups -OCH3 is 1. The molecule has 1 heterocycles. The minimum absolute atomic E-state index is 0.0701. The van der Waals surface area contributed by atoms with Crippen molar-refractivity contribution < 1.29 is 38.0 Å². The molecule has 0 radical (unpaired) electrons. The van der Waals surface area contributed by atoms with Crippen molar-refractivity contribution in [2.75, 3.05) is 26.9 Å². The topological polar surface area (TPSA) is 102 Å². The Morgan fingerprint density at radius 1 is 1.29 bits per heavy atom. The summed E-state index contributed by atoms with van der Waals surface area (Å²) in [6.07, 6.45) is -0.849. The molecule has 2 unspecified atom stereocenters. The first kappa shape index (κ1) is 24.9. The molecule has 0 aromatic heterocycles. The number of benzene rings is 1. The number of ether oxygens (including phenoxy) is 6. The Kier molecular flexibility index (Phi) is 8.67. The average molecular weight is 440 g/mol. The summed E-state index contributed by atoms with van der Waals surface area (Å²) < 4.78 is 32.6. The van der Waals surface area contributed by atoms with Gasteiger partial charge in [0.2, 0.25) is 0 Å². The van der Waals surface area contributed by atoms with Gasteiger partial charge in [-0.05, 0) is 52.3 Å². The molecule has 31 heavy (non-hydrogen) atoms. The molecule has 1 aliphatic rings. The van der Waals surface area contributed by atoms with Gasteiger partial charge in [-0.2, -0.15) is 0 Å². The van der Waals surface area contributed by atoms with Gasteiger partial charge in [0.15, 0.2) is 11.8 Å². The number of hydrogen-bond donors (Lipinski definition) is 1. The Hall–Kier alpha value is -2.36. The van der Waals surface area contributed by atoms with E-state index in [0.717, 1.165) is 5.56 Å². The van der Waals surface area contributed by atoms with Crippen molar-refractivity contribution in [3.05, 3.63) is 29.8 Å². The minimum Gasteiger partial charge on any atom is -0.491 e. The molecule has 1 N–H and O–H groups in total. The Bertz CT molecular complexity index is 743. The second-order valence-corrected chi connectivity index (χ2v) is 8.65. The molecule has 9 nitrogen and oxygen atoms in total. The SMILES string of the molecule is COC(=O)C(COCc1cccc(OCC2COC(C)(C)O2)c1)NC(=O)OC(C)(C)C. The molecule has 1 aliphatic heterocycles. The lowest BCUT2D eigenvalue weighted by atomic mass is 10.2.